The zero-order valence-corrected chi connectivity index (χ0v) is 19.0. The Labute approximate surface area is 190 Å². The Morgan fingerprint density at radius 1 is 1.00 bits per heavy atom. The van der Waals surface area contributed by atoms with Crippen LogP contribution in [-0.4, -0.2) is 57.9 Å². The van der Waals surface area contributed by atoms with Crippen LogP contribution in [0.2, 0.25) is 0 Å². The summed E-state index contributed by atoms with van der Waals surface area (Å²) in [6.45, 7) is 6.64. The van der Waals surface area contributed by atoms with Crippen molar-refractivity contribution < 1.29 is 9.53 Å². The fourth-order valence-electron chi connectivity index (χ4n) is 3.94. The molecule has 1 amide bonds. The van der Waals surface area contributed by atoms with Gasteiger partial charge in [0.2, 0.25) is 0 Å². The fourth-order valence-corrected chi connectivity index (χ4v) is 4.97. The fraction of sp³-hybridized carbons (Fsp3) is 0.292. The zero-order chi connectivity index (χ0) is 22.1. The number of carbonyl (C=O) groups excluding carboxylic acids is 1. The van der Waals surface area contributed by atoms with Crippen LogP contribution >= 0.6 is 11.3 Å². The average Bonchev–Trinajstić information content (AvgIpc) is 3.40. The normalized spacial score (nSPS) is 15.2. The highest BCUT2D eigenvalue weighted by Gasteiger charge is 2.28. The minimum atomic E-state index is -0.508. The number of hydrogen-bond donors (Lipinski definition) is 0. The molecule has 0 aliphatic carbocycles. The number of carbonyl (C=O) groups is 1. The molecule has 1 atom stereocenters. The third-order valence-electron chi connectivity index (χ3n) is 5.64. The molecule has 3 heterocycles. The van der Waals surface area contributed by atoms with E-state index < -0.39 is 6.10 Å². The predicted octanol–water partition coefficient (Wildman–Crippen LogP) is 3.91. The molecule has 7 nitrogen and oxygen atoms in total. The maximum absolute atomic E-state index is 12.8. The predicted molar refractivity (Wildman–Crippen MR) is 127 cm³/mol. The van der Waals surface area contributed by atoms with Gasteiger partial charge < -0.3 is 14.5 Å². The molecule has 2 aromatic heterocycles. The zero-order valence-electron chi connectivity index (χ0n) is 18.1. The summed E-state index contributed by atoms with van der Waals surface area (Å²) in [7, 11) is 0. The van der Waals surface area contributed by atoms with Gasteiger partial charge in [0, 0.05) is 26.2 Å². The Hall–Kier alpha value is -3.39. The molecule has 1 aliphatic heterocycles. The van der Waals surface area contributed by atoms with Gasteiger partial charge in [0.05, 0.1) is 16.1 Å². The van der Waals surface area contributed by atoms with Crippen LogP contribution in [0.15, 0.2) is 60.7 Å². The van der Waals surface area contributed by atoms with Gasteiger partial charge in [-0.2, -0.15) is 10.1 Å². The van der Waals surface area contributed by atoms with Gasteiger partial charge in [0.1, 0.15) is 5.75 Å². The Morgan fingerprint density at radius 3 is 2.34 bits per heavy atom. The molecular formula is C24H25N5O2S. The average molecular weight is 448 g/mol. The largest absolute Gasteiger partial charge is 0.481 e. The molecule has 8 heteroatoms. The summed E-state index contributed by atoms with van der Waals surface area (Å²) in [5, 5.41) is 5.65. The Kier molecular flexibility index (Phi) is 5.53. The van der Waals surface area contributed by atoms with Crippen molar-refractivity contribution in [3.63, 3.8) is 0 Å². The van der Waals surface area contributed by atoms with Crippen LogP contribution in [0.25, 0.3) is 16.0 Å². The third kappa shape index (κ3) is 3.93. The molecule has 164 valence electrons. The summed E-state index contributed by atoms with van der Waals surface area (Å²) in [6.07, 6.45) is -0.508. The van der Waals surface area contributed by atoms with Crippen LogP contribution in [-0.2, 0) is 4.79 Å². The van der Waals surface area contributed by atoms with Crippen molar-refractivity contribution in [2.24, 2.45) is 0 Å². The van der Waals surface area contributed by atoms with Crippen LogP contribution in [0.3, 0.4) is 0 Å². The van der Waals surface area contributed by atoms with Crippen molar-refractivity contribution >= 4 is 32.7 Å². The summed E-state index contributed by atoms with van der Waals surface area (Å²) in [5.41, 5.74) is 2.87. The molecule has 2 aromatic carbocycles. The summed E-state index contributed by atoms with van der Waals surface area (Å²) in [4.78, 5) is 21.9. The Morgan fingerprint density at radius 2 is 1.66 bits per heavy atom. The monoisotopic (exact) mass is 447 g/mol. The number of fused-ring (bicyclic) bond motifs is 1. The molecule has 0 unspecified atom stereocenters. The van der Waals surface area contributed by atoms with Crippen molar-refractivity contribution in [1.82, 2.24) is 19.7 Å². The number of amides is 1. The van der Waals surface area contributed by atoms with Crippen LogP contribution < -0.4 is 9.64 Å². The van der Waals surface area contributed by atoms with E-state index in [0.29, 0.717) is 18.8 Å². The first-order valence-corrected chi connectivity index (χ1v) is 11.6. The topological polar surface area (TPSA) is 63.5 Å². The van der Waals surface area contributed by atoms with Crippen LogP contribution in [0.1, 0.15) is 12.6 Å². The smallest absolute Gasteiger partial charge is 0.263 e. The summed E-state index contributed by atoms with van der Waals surface area (Å²) in [6, 6.07) is 19.6. The van der Waals surface area contributed by atoms with Gasteiger partial charge in [-0.05, 0) is 38.1 Å². The first kappa shape index (κ1) is 20.5. The summed E-state index contributed by atoms with van der Waals surface area (Å²) in [5.74, 6) is 0.734. The van der Waals surface area contributed by atoms with Crippen molar-refractivity contribution in [2.75, 3.05) is 31.1 Å². The van der Waals surface area contributed by atoms with E-state index in [-0.39, 0.29) is 5.91 Å². The molecule has 0 saturated carbocycles. The molecule has 32 heavy (non-hydrogen) atoms. The lowest BCUT2D eigenvalue weighted by molar-refractivity contribution is -0.138. The van der Waals surface area contributed by atoms with Gasteiger partial charge in [-0.15, -0.1) is 0 Å². The first-order chi connectivity index (χ1) is 15.6. The summed E-state index contributed by atoms with van der Waals surface area (Å²) >= 11 is 1.67. The molecule has 5 rings (SSSR count). The van der Waals surface area contributed by atoms with E-state index in [4.69, 9.17) is 9.72 Å². The van der Waals surface area contributed by atoms with Gasteiger partial charge in [0.15, 0.2) is 16.9 Å². The molecular weight excluding hydrogens is 422 g/mol. The third-order valence-corrected chi connectivity index (χ3v) is 6.86. The van der Waals surface area contributed by atoms with E-state index >= 15 is 0 Å². The van der Waals surface area contributed by atoms with Crippen LogP contribution in [0, 0.1) is 6.92 Å². The second-order valence-electron chi connectivity index (χ2n) is 7.87. The lowest BCUT2D eigenvalue weighted by atomic mass is 10.2. The number of thiazole rings is 1. The second kappa shape index (κ2) is 8.63. The Balaban J connectivity index is 1.27. The number of para-hydroxylation sites is 2. The number of aromatic nitrogens is 3. The highest BCUT2D eigenvalue weighted by atomic mass is 32.1. The first-order valence-electron chi connectivity index (χ1n) is 10.8. The van der Waals surface area contributed by atoms with Crippen LogP contribution in [0.4, 0.5) is 5.13 Å². The molecule has 0 radical (unpaired) electrons. The molecule has 0 spiro atoms. The second-order valence-corrected chi connectivity index (χ2v) is 8.84. The van der Waals surface area contributed by atoms with E-state index in [0.717, 1.165) is 39.9 Å². The van der Waals surface area contributed by atoms with E-state index in [2.05, 4.69) is 10.00 Å². The van der Waals surface area contributed by atoms with Gasteiger partial charge in [-0.25, -0.2) is 4.68 Å². The number of aryl methyl sites for hydroxylation is 1. The highest BCUT2D eigenvalue weighted by molar-refractivity contribution is 7.22. The minimum absolute atomic E-state index is 0.0216. The number of hydrogen-bond acceptors (Lipinski definition) is 6. The van der Waals surface area contributed by atoms with Gasteiger partial charge in [-0.3, -0.25) is 4.79 Å². The molecule has 1 saturated heterocycles. The van der Waals surface area contributed by atoms with Gasteiger partial charge in [0.25, 0.3) is 5.91 Å². The van der Waals surface area contributed by atoms with Crippen molar-refractivity contribution in [3.05, 3.63) is 66.4 Å². The molecule has 1 fully saturated rings. The molecule has 0 bridgehead atoms. The lowest BCUT2D eigenvalue weighted by Crippen LogP contribution is -2.52. The van der Waals surface area contributed by atoms with E-state index in [1.54, 1.807) is 11.3 Å². The minimum Gasteiger partial charge on any atom is -0.481 e. The molecule has 4 aromatic rings. The SMILES string of the molecule is Cc1nn(-c2ccccc2)c2nc(N3CCN(C(=O)[C@@H](C)Oc4ccccc4)CC3)sc12. The number of anilines is 1. The maximum atomic E-state index is 12.8. The standard InChI is InChI=1S/C24H25N5O2S/c1-17-21-22(29(26-17)19-9-5-3-6-10-19)25-24(32-21)28-15-13-27(14-16-28)23(30)18(2)31-20-11-7-4-8-12-20/h3-12,18H,13-16H2,1-2H3/t18-/m1/s1. The summed E-state index contributed by atoms with van der Waals surface area (Å²) < 4.78 is 8.83. The number of piperazine rings is 1. The number of rotatable bonds is 5. The highest BCUT2D eigenvalue weighted by Crippen LogP contribution is 2.33. The number of ether oxygens (including phenoxy) is 1. The van der Waals surface area contributed by atoms with Crippen molar-refractivity contribution in [3.8, 4) is 11.4 Å². The van der Waals surface area contributed by atoms with E-state index in [1.807, 2.05) is 84.1 Å². The quantitative estimate of drug-likeness (QED) is 0.464. The number of benzene rings is 2. The lowest BCUT2D eigenvalue weighted by Gasteiger charge is -2.35. The van der Waals surface area contributed by atoms with Gasteiger partial charge >= 0.3 is 0 Å². The molecule has 1 aliphatic rings. The van der Waals surface area contributed by atoms with E-state index in [9.17, 15) is 4.79 Å². The van der Waals surface area contributed by atoms with E-state index in [1.165, 1.54) is 0 Å². The van der Waals surface area contributed by atoms with Crippen molar-refractivity contribution in [1.29, 1.82) is 0 Å². The van der Waals surface area contributed by atoms with Gasteiger partial charge in [-0.1, -0.05) is 47.7 Å². The number of nitrogens with zero attached hydrogens (tertiary/aromatic N) is 5. The van der Waals surface area contributed by atoms with Crippen molar-refractivity contribution in [2.45, 2.75) is 20.0 Å². The Bertz CT molecular complexity index is 1210. The molecule has 0 N–H and O–H groups in total. The maximum Gasteiger partial charge on any atom is 0.263 e. The van der Waals surface area contributed by atoms with Crippen LogP contribution in [0.5, 0.6) is 5.75 Å².